The highest BCUT2D eigenvalue weighted by molar-refractivity contribution is 6.30. The van der Waals surface area contributed by atoms with Crippen molar-refractivity contribution in [3.63, 3.8) is 0 Å². The Morgan fingerprint density at radius 3 is 2.68 bits per heavy atom. The molecule has 110 valence electrons. The Morgan fingerprint density at radius 1 is 1.14 bits per heavy atom. The van der Waals surface area contributed by atoms with E-state index in [1.54, 1.807) is 24.5 Å². The highest BCUT2D eigenvalue weighted by Crippen LogP contribution is 2.19. The first-order valence-electron chi connectivity index (χ1n) is 6.76. The summed E-state index contributed by atoms with van der Waals surface area (Å²) in [6, 6.07) is 11.0. The maximum Gasteiger partial charge on any atom is 0.161 e. The standard InChI is InChI=1S/C17H13ClN2O2/c1-11(21)13-6-16-17(19-8-13)7-15(9-20-16)22-10-12-3-2-4-14(18)5-12/h2-9H,10H2,1H3. The highest BCUT2D eigenvalue weighted by Gasteiger charge is 2.05. The van der Waals surface area contributed by atoms with Gasteiger partial charge in [0.25, 0.3) is 0 Å². The first kappa shape index (κ1) is 14.5. The zero-order valence-corrected chi connectivity index (χ0v) is 12.7. The predicted octanol–water partition coefficient (Wildman–Crippen LogP) is 4.06. The number of halogens is 1. The van der Waals surface area contributed by atoms with Crippen molar-refractivity contribution in [3.05, 3.63) is 64.9 Å². The molecule has 1 aromatic carbocycles. The van der Waals surface area contributed by atoms with Crippen molar-refractivity contribution in [3.8, 4) is 5.75 Å². The van der Waals surface area contributed by atoms with E-state index in [-0.39, 0.29) is 5.78 Å². The smallest absolute Gasteiger partial charge is 0.161 e. The normalized spacial score (nSPS) is 10.6. The Hall–Kier alpha value is -2.46. The van der Waals surface area contributed by atoms with Gasteiger partial charge in [-0.1, -0.05) is 23.7 Å². The molecule has 0 spiro atoms. The molecule has 0 aliphatic rings. The minimum Gasteiger partial charge on any atom is -0.487 e. The maximum atomic E-state index is 11.3. The Kier molecular flexibility index (Phi) is 4.02. The van der Waals surface area contributed by atoms with Gasteiger partial charge in [0.15, 0.2) is 5.78 Å². The first-order valence-corrected chi connectivity index (χ1v) is 7.13. The lowest BCUT2D eigenvalue weighted by atomic mass is 10.2. The van der Waals surface area contributed by atoms with Gasteiger partial charge in [0.05, 0.1) is 17.2 Å². The molecule has 0 aliphatic heterocycles. The van der Waals surface area contributed by atoms with Gasteiger partial charge in [-0.25, -0.2) is 0 Å². The van der Waals surface area contributed by atoms with E-state index in [1.807, 2.05) is 24.3 Å². The fourth-order valence-electron chi connectivity index (χ4n) is 2.05. The molecule has 4 nitrogen and oxygen atoms in total. The molecule has 0 N–H and O–H groups in total. The Bertz CT molecular complexity index is 849. The second-order valence-corrected chi connectivity index (χ2v) is 5.34. The molecule has 0 aliphatic carbocycles. The number of carbonyl (C=O) groups is 1. The molecule has 22 heavy (non-hydrogen) atoms. The second-order valence-electron chi connectivity index (χ2n) is 4.91. The quantitative estimate of drug-likeness (QED) is 0.682. The Labute approximate surface area is 132 Å². The number of hydrogen-bond acceptors (Lipinski definition) is 4. The minimum atomic E-state index is -0.0301. The molecule has 3 rings (SSSR count). The fraction of sp³-hybridized carbons (Fsp3) is 0.118. The zero-order valence-electron chi connectivity index (χ0n) is 11.9. The lowest BCUT2D eigenvalue weighted by Gasteiger charge is -2.07. The third-order valence-electron chi connectivity index (χ3n) is 3.21. The van der Waals surface area contributed by atoms with Gasteiger partial charge in [0.1, 0.15) is 12.4 Å². The molecule has 0 saturated carbocycles. The van der Waals surface area contributed by atoms with E-state index in [1.165, 1.54) is 6.92 Å². The number of rotatable bonds is 4. The van der Waals surface area contributed by atoms with Crippen molar-refractivity contribution in [1.82, 2.24) is 9.97 Å². The molecule has 0 bridgehead atoms. The van der Waals surface area contributed by atoms with Crippen molar-refractivity contribution in [2.75, 3.05) is 0 Å². The summed E-state index contributed by atoms with van der Waals surface area (Å²) in [6.07, 6.45) is 3.17. The van der Waals surface area contributed by atoms with E-state index in [0.717, 1.165) is 5.56 Å². The number of aromatic nitrogens is 2. The van der Waals surface area contributed by atoms with Crippen LogP contribution in [0, 0.1) is 0 Å². The van der Waals surface area contributed by atoms with E-state index in [4.69, 9.17) is 16.3 Å². The number of benzene rings is 1. The van der Waals surface area contributed by atoms with Gasteiger partial charge in [-0.05, 0) is 30.7 Å². The molecule has 5 heteroatoms. The number of pyridine rings is 2. The van der Waals surface area contributed by atoms with Crippen molar-refractivity contribution in [1.29, 1.82) is 0 Å². The molecule has 0 amide bonds. The van der Waals surface area contributed by atoms with E-state index in [0.29, 0.717) is 34.0 Å². The van der Waals surface area contributed by atoms with Crippen LogP contribution in [0.5, 0.6) is 5.75 Å². The summed E-state index contributed by atoms with van der Waals surface area (Å²) in [5.74, 6) is 0.591. The Morgan fingerprint density at radius 2 is 1.91 bits per heavy atom. The number of ether oxygens (including phenoxy) is 1. The topological polar surface area (TPSA) is 52.1 Å². The summed E-state index contributed by atoms with van der Waals surface area (Å²) in [6.45, 7) is 1.91. The Balaban J connectivity index is 1.80. The van der Waals surface area contributed by atoms with Crippen molar-refractivity contribution in [2.45, 2.75) is 13.5 Å². The molecule has 0 fully saturated rings. The number of hydrogen-bond donors (Lipinski definition) is 0. The third kappa shape index (κ3) is 3.23. The van der Waals surface area contributed by atoms with Crippen LogP contribution in [-0.4, -0.2) is 15.8 Å². The summed E-state index contributed by atoms with van der Waals surface area (Å²) in [7, 11) is 0. The van der Waals surface area contributed by atoms with E-state index in [2.05, 4.69) is 9.97 Å². The number of ketones is 1. The summed E-state index contributed by atoms with van der Waals surface area (Å²) in [5, 5.41) is 0.677. The fourth-order valence-corrected chi connectivity index (χ4v) is 2.26. The van der Waals surface area contributed by atoms with Crippen LogP contribution in [0.1, 0.15) is 22.8 Å². The summed E-state index contributed by atoms with van der Waals surface area (Å²) >= 11 is 5.94. The number of fused-ring (bicyclic) bond motifs is 1. The van der Waals surface area contributed by atoms with Crippen LogP contribution in [0.3, 0.4) is 0 Å². The van der Waals surface area contributed by atoms with Crippen molar-refractivity contribution >= 4 is 28.4 Å². The van der Waals surface area contributed by atoms with E-state index < -0.39 is 0 Å². The molecule has 2 aromatic heterocycles. The first-order chi connectivity index (χ1) is 10.6. The van der Waals surface area contributed by atoms with Crippen LogP contribution in [0.15, 0.2) is 48.8 Å². The van der Waals surface area contributed by atoms with Crippen LogP contribution < -0.4 is 4.74 Å². The van der Waals surface area contributed by atoms with Crippen LogP contribution in [0.4, 0.5) is 0 Å². The minimum absolute atomic E-state index is 0.0301. The van der Waals surface area contributed by atoms with Gasteiger partial charge in [-0.2, -0.15) is 0 Å². The number of carbonyl (C=O) groups excluding carboxylic acids is 1. The molecule has 0 saturated heterocycles. The third-order valence-corrected chi connectivity index (χ3v) is 3.44. The van der Waals surface area contributed by atoms with Crippen molar-refractivity contribution < 1.29 is 9.53 Å². The highest BCUT2D eigenvalue weighted by atomic mass is 35.5. The molecule has 0 atom stereocenters. The molecular weight excluding hydrogens is 300 g/mol. The second kappa shape index (κ2) is 6.12. The molecular formula is C17H13ClN2O2. The van der Waals surface area contributed by atoms with Crippen molar-refractivity contribution in [2.24, 2.45) is 0 Å². The number of Topliss-reactive ketones (excluding diaryl/α,β-unsaturated/α-hetero) is 1. The number of nitrogens with zero attached hydrogens (tertiary/aromatic N) is 2. The zero-order chi connectivity index (χ0) is 15.5. The lowest BCUT2D eigenvalue weighted by molar-refractivity contribution is 0.101. The predicted molar refractivity (Wildman–Crippen MR) is 85.3 cm³/mol. The lowest BCUT2D eigenvalue weighted by Crippen LogP contribution is -1.98. The summed E-state index contributed by atoms with van der Waals surface area (Å²) < 4.78 is 5.70. The van der Waals surface area contributed by atoms with Gasteiger partial charge in [-0.3, -0.25) is 14.8 Å². The monoisotopic (exact) mass is 312 g/mol. The average molecular weight is 313 g/mol. The van der Waals surface area contributed by atoms with Gasteiger partial charge in [0.2, 0.25) is 0 Å². The summed E-state index contributed by atoms with van der Waals surface area (Å²) in [4.78, 5) is 19.9. The van der Waals surface area contributed by atoms with Gasteiger partial charge >= 0.3 is 0 Å². The van der Waals surface area contributed by atoms with Gasteiger partial charge < -0.3 is 4.74 Å². The van der Waals surface area contributed by atoms with Crippen LogP contribution >= 0.6 is 11.6 Å². The van der Waals surface area contributed by atoms with Gasteiger partial charge in [0, 0.05) is 22.8 Å². The van der Waals surface area contributed by atoms with Crippen LogP contribution in [-0.2, 0) is 6.61 Å². The molecule has 3 aromatic rings. The van der Waals surface area contributed by atoms with Crippen LogP contribution in [0.25, 0.3) is 11.0 Å². The average Bonchev–Trinajstić information content (AvgIpc) is 2.52. The molecule has 2 heterocycles. The largest absolute Gasteiger partial charge is 0.487 e. The molecule has 0 unspecified atom stereocenters. The molecule has 0 radical (unpaired) electrons. The van der Waals surface area contributed by atoms with Gasteiger partial charge in [-0.15, -0.1) is 0 Å². The maximum absolute atomic E-state index is 11.3. The van der Waals surface area contributed by atoms with Crippen LogP contribution in [0.2, 0.25) is 5.02 Å². The van der Waals surface area contributed by atoms with E-state index >= 15 is 0 Å². The summed E-state index contributed by atoms with van der Waals surface area (Å²) in [5.41, 5.74) is 2.89. The van der Waals surface area contributed by atoms with E-state index in [9.17, 15) is 4.79 Å². The SMILES string of the molecule is CC(=O)c1cnc2cc(OCc3cccc(Cl)c3)cnc2c1.